The molecule has 134 valence electrons. The summed E-state index contributed by atoms with van der Waals surface area (Å²) in [5, 5.41) is 10.2. The van der Waals surface area contributed by atoms with Gasteiger partial charge in [-0.05, 0) is 62.9 Å². The second-order valence-corrected chi connectivity index (χ2v) is 6.21. The standard InChI is InChI=1S/C20H24FNO3/c1-14(16-4-8-18(21)9-5-16)22(3)12-19(24)13-25-20-10-6-17(7-11-20)15(2)23/h4-11,14,19,24H,12-13H2,1-3H3/t14-,19+/m1/s1. The summed E-state index contributed by atoms with van der Waals surface area (Å²) in [5.41, 5.74) is 1.61. The molecule has 0 fully saturated rings. The third-order valence-electron chi connectivity index (χ3n) is 4.22. The highest BCUT2D eigenvalue weighted by Crippen LogP contribution is 2.19. The van der Waals surface area contributed by atoms with Gasteiger partial charge in [0.1, 0.15) is 24.3 Å². The van der Waals surface area contributed by atoms with E-state index in [0.29, 0.717) is 17.9 Å². The van der Waals surface area contributed by atoms with Crippen molar-refractivity contribution in [2.45, 2.75) is 26.0 Å². The number of hydrogen-bond donors (Lipinski definition) is 1. The van der Waals surface area contributed by atoms with Gasteiger partial charge in [0.05, 0.1) is 0 Å². The molecule has 1 N–H and O–H groups in total. The Morgan fingerprint density at radius 3 is 2.32 bits per heavy atom. The van der Waals surface area contributed by atoms with Crippen LogP contribution in [0.15, 0.2) is 48.5 Å². The Bertz CT molecular complexity index is 685. The van der Waals surface area contributed by atoms with Crippen LogP contribution in [0.5, 0.6) is 5.75 Å². The lowest BCUT2D eigenvalue weighted by Crippen LogP contribution is -2.34. The maximum Gasteiger partial charge on any atom is 0.159 e. The maximum absolute atomic E-state index is 13.0. The number of hydrogen-bond acceptors (Lipinski definition) is 4. The molecule has 25 heavy (non-hydrogen) atoms. The topological polar surface area (TPSA) is 49.8 Å². The number of Topliss-reactive ketones (excluding diaryl/α,β-unsaturated/α-hetero) is 1. The van der Waals surface area contributed by atoms with Gasteiger partial charge in [0.15, 0.2) is 5.78 Å². The van der Waals surface area contributed by atoms with Crippen molar-refractivity contribution in [3.8, 4) is 5.75 Å². The molecule has 5 heteroatoms. The fraction of sp³-hybridized carbons (Fsp3) is 0.350. The van der Waals surface area contributed by atoms with Crippen molar-refractivity contribution < 1.29 is 19.0 Å². The van der Waals surface area contributed by atoms with Gasteiger partial charge in [0.25, 0.3) is 0 Å². The zero-order valence-corrected chi connectivity index (χ0v) is 14.8. The molecule has 0 radical (unpaired) electrons. The van der Waals surface area contributed by atoms with Crippen LogP contribution in [0.1, 0.15) is 35.8 Å². The Hall–Kier alpha value is -2.24. The van der Waals surface area contributed by atoms with Gasteiger partial charge in [-0.25, -0.2) is 4.39 Å². The van der Waals surface area contributed by atoms with Crippen molar-refractivity contribution in [1.82, 2.24) is 4.90 Å². The zero-order chi connectivity index (χ0) is 18.4. The first-order valence-electron chi connectivity index (χ1n) is 8.24. The lowest BCUT2D eigenvalue weighted by molar-refractivity contribution is 0.0653. The van der Waals surface area contributed by atoms with E-state index < -0.39 is 6.10 Å². The van der Waals surface area contributed by atoms with Crippen LogP contribution in [0, 0.1) is 5.82 Å². The summed E-state index contributed by atoms with van der Waals surface area (Å²) in [6.07, 6.45) is -0.666. The molecule has 0 bridgehead atoms. The second-order valence-electron chi connectivity index (χ2n) is 6.21. The number of ketones is 1. The van der Waals surface area contributed by atoms with Gasteiger partial charge in [0.2, 0.25) is 0 Å². The van der Waals surface area contributed by atoms with Crippen molar-refractivity contribution in [3.63, 3.8) is 0 Å². The number of ether oxygens (including phenoxy) is 1. The molecule has 2 aromatic rings. The largest absolute Gasteiger partial charge is 0.491 e. The summed E-state index contributed by atoms with van der Waals surface area (Å²) in [6.45, 7) is 4.09. The molecule has 2 atom stereocenters. The maximum atomic E-state index is 13.0. The first kappa shape index (κ1) is 19.1. The minimum atomic E-state index is -0.666. The van der Waals surface area contributed by atoms with Gasteiger partial charge in [-0.2, -0.15) is 0 Å². The SMILES string of the molecule is CC(=O)c1ccc(OC[C@@H](O)CN(C)[C@H](C)c2ccc(F)cc2)cc1. The van der Waals surface area contributed by atoms with E-state index >= 15 is 0 Å². The lowest BCUT2D eigenvalue weighted by Gasteiger charge is -2.27. The van der Waals surface area contributed by atoms with Crippen molar-refractivity contribution in [3.05, 3.63) is 65.5 Å². The van der Waals surface area contributed by atoms with E-state index in [4.69, 9.17) is 4.74 Å². The average Bonchev–Trinajstić information content (AvgIpc) is 2.60. The number of carbonyl (C=O) groups excluding carboxylic acids is 1. The van der Waals surface area contributed by atoms with E-state index in [9.17, 15) is 14.3 Å². The van der Waals surface area contributed by atoms with Crippen molar-refractivity contribution in [1.29, 1.82) is 0 Å². The second kappa shape index (κ2) is 8.74. The van der Waals surface area contributed by atoms with E-state index in [1.807, 2.05) is 18.9 Å². The van der Waals surface area contributed by atoms with Crippen LogP contribution in [-0.4, -0.2) is 42.1 Å². The van der Waals surface area contributed by atoms with Crippen LogP contribution in [0.3, 0.4) is 0 Å². The van der Waals surface area contributed by atoms with E-state index in [1.54, 1.807) is 36.4 Å². The lowest BCUT2D eigenvalue weighted by atomic mass is 10.1. The molecule has 0 unspecified atom stereocenters. The Morgan fingerprint density at radius 1 is 1.16 bits per heavy atom. The predicted octanol–water partition coefficient (Wildman–Crippen LogP) is 3.46. The number of carbonyl (C=O) groups is 1. The fourth-order valence-corrected chi connectivity index (χ4v) is 2.52. The Balaban J connectivity index is 1.83. The van der Waals surface area contributed by atoms with Crippen LogP contribution in [0.4, 0.5) is 4.39 Å². The molecule has 0 heterocycles. The number of nitrogens with zero attached hydrogens (tertiary/aromatic N) is 1. The summed E-state index contributed by atoms with van der Waals surface area (Å²) < 4.78 is 18.6. The predicted molar refractivity (Wildman–Crippen MR) is 95.4 cm³/mol. The third kappa shape index (κ3) is 5.66. The molecule has 4 nitrogen and oxygen atoms in total. The molecular weight excluding hydrogens is 321 g/mol. The zero-order valence-electron chi connectivity index (χ0n) is 14.8. The monoisotopic (exact) mass is 345 g/mol. The number of rotatable bonds is 8. The molecule has 0 aromatic heterocycles. The van der Waals surface area contributed by atoms with Crippen molar-refractivity contribution in [2.75, 3.05) is 20.2 Å². The molecular formula is C20H24FNO3. The average molecular weight is 345 g/mol. The van der Waals surface area contributed by atoms with Crippen molar-refractivity contribution in [2.24, 2.45) is 0 Å². The van der Waals surface area contributed by atoms with Crippen LogP contribution in [0.25, 0.3) is 0 Å². The van der Waals surface area contributed by atoms with Gasteiger partial charge in [-0.1, -0.05) is 12.1 Å². The Morgan fingerprint density at radius 2 is 1.76 bits per heavy atom. The Labute approximate surface area is 147 Å². The highest BCUT2D eigenvalue weighted by atomic mass is 19.1. The molecule has 2 aromatic carbocycles. The molecule has 0 amide bonds. The molecule has 0 saturated heterocycles. The van der Waals surface area contributed by atoms with Crippen LogP contribution in [0.2, 0.25) is 0 Å². The summed E-state index contributed by atoms with van der Waals surface area (Å²) in [7, 11) is 1.90. The summed E-state index contributed by atoms with van der Waals surface area (Å²) in [5.74, 6) is 0.351. The minimum absolute atomic E-state index is 0.00277. The van der Waals surface area contributed by atoms with Gasteiger partial charge in [-0.3, -0.25) is 9.69 Å². The highest BCUT2D eigenvalue weighted by Gasteiger charge is 2.16. The molecule has 0 spiro atoms. The minimum Gasteiger partial charge on any atom is -0.491 e. The summed E-state index contributed by atoms with van der Waals surface area (Å²) in [6, 6.07) is 13.2. The summed E-state index contributed by atoms with van der Waals surface area (Å²) in [4.78, 5) is 13.2. The van der Waals surface area contributed by atoms with Gasteiger partial charge in [-0.15, -0.1) is 0 Å². The first-order chi connectivity index (χ1) is 11.9. The van der Waals surface area contributed by atoms with Crippen LogP contribution >= 0.6 is 0 Å². The van der Waals surface area contributed by atoms with E-state index in [2.05, 4.69) is 0 Å². The van der Waals surface area contributed by atoms with Crippen LogP contribution in [-0.2, 0) is 0 Å². The normalized spacial score (nSPS) is 13.5. The van der Waals surface area contributed by atoms with Crippen molar-refractivity contribution >= 4 is 5.78 Å². The van der Waals surface area contributed by atoms with E-state index in [-0.39, 0.29) is 24.2 Å². The Kier molecular flexibility index (Phi) is 6.67. The van der Waals surface area contributed by atoms with E-state index in [1.165, 1.54) is 19.1 Å². The van der Waals surface area contributed by atoms with E-state index in [0.717, 1.165) is 5.56 Å². The molecule has 0 aliphatic carbocycles. The number of likely N-dealkylation sites (N-methyl/N-ethyl adjacent to an activating group) is 1. The summed E-state index contributed by atoms with van der Waals surface area (Å²) >= 11 is 0. The quantitative estimate of drug-likeness (QED) is 0.745. The number of halogens is 1. The molecule has 2 rings (SSSR count). The molecule has 0 aliphatic rings. The number of benzene rings is 2. The molecule has 0 aliphatic heterocycles. The van der Waals surface area contributed by atoms with Gasteiger partial charge < -0.3 is 9.84 Å². The van der Waals surface area contributed by atoms with Gasteiger partial charge >= 0.3 is 0 Å². The highest BCUT2D eigenvalue weighted by molar-refractivity contribution is 5.94. The van der Waals surface area contributed by atoms with Crippen LogP contribution < -0.4 is 4.74 Å². The number of aliphatic hydroxyl groups is 1. The first-order valence-corrected chi connectivity index (χ1v) is 8.24. The molecule has 0 saturated carbocycles. The number of aliphatic hydroxyl groups excluding tert-OH is 1. The third-order valence-corrected chi connectivity index (χ3v) is 4.22. The van der Waals surface area contributed by atoms with Gasteiger partial charge in [0, 0.05) is 18.2 Å². The smallest absolute Gasteiger partial charge is 0.159 e. The fourth-order valence-electron chi connectivity index (χ4n) is 2.52.